The summed E-state index contributed by atoms with van der Waals surface area (Å²) in [5, 5.41) is 3.99. The molecule has 0 aliphatic carbocycles. The molecule has 0 radical (unpaired) electrons. The number of aryl methyl sites for hydroxylation is 1. The van der Waals surface area contributed by atoms with E-state index in [0.717, 1.165) is 18.5 Å². The van der Waals surface area contributed by atoms with Gasteiger partial charge in [0.15, 0.2) is 5.72 Å². The van der Waals surface area contributed by atoms with E-state index in [-0.39, 0.29) is 17.9 Å². The Hall–Kier alpha value is -2.81. The Kier molecular flexibility index (Phi) is 4.54. The van der Waals surface area contributed by atoms with Crippen molar-refractivity contribution in [2.24, 2.45) is 0 Å². The number of ether oxygens (including phenoxy) is 1. The van der Waals surface area contributed by atoms with Crippen LogP contribution < -0.4 is 0 Å². The maximum Gasteiger partial charge on any atom is 0.227 e. The Morgan fingerprint density at radius 3 is 3.00 bits per heavy atom. The molecular weight excluding hydrogens is 374 g/mol. The van der Waals surface area contributed by atoms with E-state index in [1.807, 2.05) is 21.9 Å². The highest BCUT2D eigenvalue weighted by Crippen LogP contribution is 2.45. The third-order valence-corrected chi connectivity index (χ3v) is 6.12. The SMILES string of the molecule is O=C(CCCc1nc(-c2ccncc2)no1)N1CC[C@@]23OCCCN2C(=O)C[C@@H]13. The quantitative estimate of drug-likeness (QED) is 0.752. The molecule has 5 heterocycles. The van der Waals surface area contributed by atoms with Crippen LogP contribution in [0.15, 0.2) is 29.0 Å². The predicted octanol–water partition coefficient (Wildman–Crippen LogP) is 1.40. The highest BCUT2D eigenvalue weighted by atomic mass is 16.5. The van der Waals surface area contributed by atoms with Crippen LogP contribution in [0.4, 0.5) is 0 Å². The van der Waals surface area contributed by atoms with Gasteiger partial charge in [-0.1, -0.05) is 5.16 Å². The summed E-state index contributed by atoms with van der Waals surface area (Å²) in [4.78, 5) is 37.3. The molecule has 1 spiro atoms. The van der Waals surface area contributed by atoms with Crippen molar-refractivity contribution in [1.82, 2.24) is 24.9 Å². The van der Waals surface area contributed by atoms with Gasteiger partial charge in [-0.15, -0.1) is 0 Å². The van der Waals surface area contributed by atoms with E-state index in [1.54, 1.807) is 12.4 Å². The number of rotatable bonds is 5. The number of aromatic nitrogens is 3. The minimum atomic E-state index is -0.586. The molecule has 0 N–H and O–H groups in total. The van der Waals surface area contributed by atoms with Crippen LogP contribution in [0.25, 0.3) is 11.4 Å². The first-order valence-electron chi connectivity index (χ1n) is 10.1. The lowest BCUT2D eigenvalue weighted by Crippen LogP contribution is -2.56. The van der Waals surface area contributed by atoms with Crippen molar-refractivity contribution in [3.05, 3.63) is 30.4 Å². The van der Waals surface area contributed by atoms with Crippen LogP contribution in [0, 0.1) is 0 Å². The summed E-state index contributed by atoms with van der Waals surface area (Å²) in [5.41, 5.74) is 0.257. The Balaban J connectivity index is 1.18. The van der Waals surface area contributed by atoms with Crippen LogP contribution in [-0.2, 0) is 20.7 Å². The molecule has 152 valence electrons. The first-order chi connectivity index (χ1) is 14.2. The zero-order chi connectivity index (χ0) is 19.8. The maximum atomic E-state index is 12.8. The normalized spacial score (nSPS) is 25.9. The molecule has 5 rings (SSSR count). The van der Waals surface area contributed by atoms with Crippen LogP contribution in [0.2, 0.25) is 0 Å². The van der Waals surface area contributed by atoms with E-state index >= 15 is 0 Å². The van der Waals surface area contributed by atoms with E-state index in [0.29, 0.717) is 57.0 Å². The van der Waals surface area contributed by atoms with Crippen LogP contribution in [-0.4, -0.2) is 68.2 Å². The number of nitrogens with zero attached hydrogens (tertiary/aromatic N) is 5. The van der Waals surface area contributed by atoms with Gasteiger partial charge >= 0.3 is 0 Å². The second-order valence-corrected chi connectivity index (χ2v) is 7.75. The molecule has 3 fully saturated rings. The van der Waals surface area contributed by atoms with Crippen molar-refractivity contribution in [2.75, 3.05) is 19.7 Å². The summed E-state index contributed by atoms with van der Waals surface area (Å²) in [6, 6.07) is 3.48. The third kappa shape index (κ3) is 3.09. The number of hydrogen-bond donors (Lipinski definition) is 0. The van der Waals surface area contributed by atoms with Crippen LogP contribution in [0.3, 0.4) is 0 Å². The third-order valence-electron chi connectivity index (χ3n) is 6.12. The Morgan fingerprint density at radius 2 is 2.14 bits per heavy atom. The molecule has 2 atom stereocenters. The largest absolute Gasteiger partial charge is 0.353 e. The molecule has 9 heteroatoms. The zero-order valence-corrected chi connectivity index (χ0v) is 16.1. The second kappa shape index (κ2) is 7.22. The van der Waals surface area contributed by atoms with Crippen molar-refractivity contribution in [3.63, 3.8) is 0 Å². The van der Waals surface area contributed by atoms with Gasteiger partial charge in [-0.05, 0) is 25.0 Å². The van der Waals surface area contributed by atoms with E-state index in [2.05, 4.69) is 15.1 Å². The molecule has 0 aromatic carbocycles. The first-order valence-corrected chi connectivity index (χ1v) is 10.1. The van der Waals surface area contributed by atoms with Crippen molar-refractivity contribution in [2.45, 2.75) is 50.3 Å². The number of amides is 2. The van der Waals surface area contributed by atoms with E-state index in [1.165, 1.54) is 0 Å². The molecule has 3 aliphatic rings. The van der Waals surface area contributed by atoms with Crippen molar-refractivity contribution in [3.8, 4) is 11.4 Å². The standard InChI is InChI=1S/C20H23N5O4/c26-17(4-1-3-16-22-19(23-29-16)14-5-8-21-9-6-14)24-11-7-20-15(24)13-18(27)25(20)10-2-12-28-20/h5-6,8-9,15H,1-4,7,10-13H2/t15-,20+/m1/s1. The van der Waals surface area contributed by atoms with E-state index in [9.17, 15) is 9.59 Å². The number of pyridine rings is 1. The fourth-order valence-electron chi connectivity index (χ4n) is 4.76. The van der Waals surface area contributed by atoms with Gasteiger partial charge < -0.3 is 19.1 Å². The highest BCUT2D eigenvalue weighted by molar-refractivity contribution is 5.84. The lowest BCUT2D eigenvalue weighted by Gasteiger charge is -2.42. The molecule has 0 saturated carbocycles. The lowest BCUT2D eigenvalue weighted by atomic mass is 10.0. The summed E-state index contributed by atoms with van der Waals surface area (Å²) >= 11 is 0. The Morgan fingerprint density at radius 1 is 1.28 bits per heavy atom. The molecular formula is C20H23N5O4. The zero-order valence-electron chi connectivity index (χ0n) is 16.1. The number of carbonyl (C=O) groups is 2. The molecule has 3 aliphatic heterocycles. The molecule has 29 heavy (non-hydrogen) atoms. The number of likely N-dealkylation sites (tertiary alicyclic amines) is 1. The molecule has 3 saturated heterocycles. The van der Waals surface area contributed by atoms with Crippen molar-refractivity contribution >= 4 is 11.8 Å². The van der Waals surface area contributed by atoms with E-state index < -0.39 is 5.72 Å². The van der Waals surface area contributed by atoms with Gasteiger partial charge in [0.1, 0.15) is 0 Å². The Bertz CT molecular complexity index is 917. The van der Waals surface area contributed by atoms with Crippen LogP contribution in [0.5, 0.6) is 0 Å². The smallest absolute Gasteiger partial charge is 0.227 e. The van der Waals surface area contributed by atoms with E-state index in [4.69, 9.17) is 9.26 Å². The Labute approximate surface area is 168 Å². The first kappa shape index (κ1) is 18.2. The molecule has 2 aromatic rings. The molecule has 0 bridgehead atoms. The fourth-order valence-corrected chi connectivity index (χ4v) is 4.76. The van der Waals surface area contributed by atoms with Gasteiger partial charge in [-0.25, -0.2) is 0 Å². The second-order valence-electron chi connectivity index (χ2n) is 7.75. The topological polar surface area (TPSA) is 102 Å². The molecule has 0 unspecified atom stereocenters. The summed E-state index contributed by atoms with van der Waals surface area (Å²) in [6.45, 7) is 2.02. The summed E-state index contributed by atoms with van der Waals surface area (Å²) in [7, 11) is 0. The van der Waals surface area contributed by atoms with Gasteiger partial charge in [0.25, 0.3) is 0 Å². The summed E-state index contributed by atoms with van der Waals surface area (Å²) < 4.78 is 11.4. The maximum absolute atomic E-state index is 12.8. The lowest BCUT2D eigenvalue weighted by molar-refractivity contribution is -0.181. The fraction of sp³-hybridized carbons (Fsp3) is 0.550. The minimum Gasteiger partial charge on any atom is -0.353 e. The van der Waals surface area contributed by atoms with Gasteiger partial charge in [-0.2, -0.15) is 4.98 Å². The average Bonchev–Trinajstić information content (AvgIpc) is 3.42. The number of hydrogen-bond acceptors (Lipinski definition) is 7. The summed E-state index contributed by atoms with van der Waals surface area (Å²) in [5.74, 6) is 1.20. The van der Waals surface area contributed by atoms with Gasteiger partial charge in [0.2, 0.25) is 23.5 Å². The summed E-state index contributed by atoms with van der Waals surface area (Å²) in [6.07, 6.45) is 6.82. The number of carbonyl (C=O) groups excluding carboxylic acids is 2. The molecule has 2 aromatic heterocycles. The predicted molar refractivity (Wildman–Crippen MR) is 100 cm³/mol. The van der Waals surface area contributed by atoms with Crippen molar-refractivity contribution < 1.29 is 18.8 Å². The minimum absolute atomic E-state index is 0.0598. The highest BCUT2D eigenvalue weighted by Gasteiger charge is 2.61. The molecule has 9 nitrogen and oxygen atoms in total. The monoisotopic (exact) mass is 397 g/mol. The average molecular weight is 397 g/mol. The van der Waals surface area contributed by atoms with Gasteiger partial charge in [0.05, 0.1) is 19.1 Å². The van der Waals surface area contributed by atoms with Crippen molar-refractivity contribution in [1.29, 1.82) is 0 Å². The van der Waals surface area contributed by atoms with Gasteiger partial charge in [0, 0.05) is 50.3 Å². The van der Waals surface area contributed by atoms with Crippen LogP contribution in [0.1, 0.15) is 38.0 Å². The van der Waals surface area contributed by atoms with Gasteiger partial charge in [-0.3, -0.25) is 14.6 Å². The molecule has 2 amide bonds. The van der Waals surface area contributed by atoms with Crippen LogP contribution >= 0.6 is 0 Å².